The first-order valence-electron chi connectivity index (χ1n) is 10.5. The van der Waals surface area contributed by atoms with Crippen LogP contribution in [0.3, 0.4) is 0 Å². The number of benzene rings is 3. The zero-order valence-electron chi connectivity index (χ0n) is 18.7. The smallest absolute Gasteiger partial charge is 0.252 e. The Morgan fingerprint density at radius 3 is 2.29 bits per heavy atom. The fourth-order valence-corrected chi connectivity index (χ4v) is 3.84. The molecule has 0 bridgehead atoms. The molecule has 0 unspecified atom stereocenters. The van der Waals surface area contributed by atoms with Crippen molar-refractivity contribution in [2.24, 2.45) is 0 Å². The number of anilines is 1. The predicted octanol–water partition coefficient (Wildman–Crippen LogP) is 5.56. The molecule has 1 N–H and O–H groups in total. The van der Waals surface area contributed by atoms with E-state index in [-0.39, 0.29) is 11.7 Å². The SMILES string of the molecule is CN(C)c1ccc(CNC(=O)c2ccc(Oc3nccnc3Sc3ccc(F)cc3)cc2)cc1. The molecule has 1 aromatic heterocycles. The summed E-state index contributed by atoms with van der Waals surface area (Å²) < 4.78 is 19.1. The Balaban J connectivity index is 1.37. The van der Waals surface area contributed by atoms with Gasteiger partial charge in [0.15, 0.2) is 5.03 Å². The maximum Gasteiger partial charge on any atom is 0.252 e. The van der Waals surface area contributed by atoms with E-state index in [1.165, 1.54) is 30.1 Å². The van der Waals surface area contributed by atoms with Crippen LogP contribution in [0.1, 0.15) is 15.9 Å². The van der Waals surface area contributed by atoms with E-state index >= 15 is 0 Å². The Morgan fingerprint density at radius 2 is 1.62 bits per heavy atom. The molecule has 4 aromatic rings. The lowest BCUT2D eigenvalue weighted by Crippen LogP contribution is -2.22. The molecule has 1 heterocycles. The van der Waals surface area contributed by atoms with Crippen LogP contribution in [-0.4, -0.2) is 30.0 Å². The molecule has 8 heteroatoms. The van der Waals surface area contributed by atoms with Gasteiger partial charge in [0.25, 0.3) is 11.8 Å². The second kappa shape index (κ2) is 10.8. The zero-order chi connectivity index (χ0) is 23.9. The van der Waals surface area contributed by atoms with Crippen LogP contribution >= 0.6 is 11.8 Å². The second-order valence-corrected chi connectivity index (χ2v) is 8.65. The highest BCUT2D eigenvalue weighted by molar-refractivity contribution is 7.99. The molecular formula is C26H23FN4O2S. The largest absolute Gasteiger partial charge is 0.437 e. The molecule has 172 valence electrons. The summed E-state index contributed by atoms with van der Waals surface area (Å²) >= 11 is 1.32. The molecule has 0 fully saturated rings. The van der Waals surface area contributed by atoms with Gasteiger partial charge in [0.2, 0.25) is 0 Å². The molecule has 0 atom stereocenters. The van der Waals surface area contributed by atoms with Gasteiger partial charge in [-0.1, -0.05) is 23.9 Å². The minimum absolute atomic E-state index is 0.171. The highest BCUT2D eigenvalue weighted by atomic mass is 32.2. The Bertz CT molecular complexity index is 1250. The molecule has 0 aliphatic heterocycles. The number of amides is 1. The lowest BCUT2D eigenvalue weighted by Gasteiger charge is -2.13. The minimum Gasteiger partial charge on any atom is -0.437 e. The van der Waals surface area contributed by atoms with Gasteiger partial charge in [-0.05, 0) is 66.2 Å². The van der Waals surface area contributed by atoms with E-state index in [4.69, 9.17) is 4.74 Å². The summed E-state index contributed by atoms with van der Waals surface area (Å²) in [5.74, 6) is 0.383. The number of ether oxygens (including phenoxy) is 1. The summed E-state index contributed by atoms with van der Waals surface area (Å²) in [5, 5.41) is 3.48. The first-order valence-corrected chi connectivity index (χ1v) is 11.4. The van der Waals surface area contributed by atoms with E-state index in [9.17, 15) is 9.18 Å². The molecule has 0 aliphatic carbocycles. The Morgan fingerprint density at radius 1 is 0.941 bits per heavy atom. The first-order chi connectivity index (χ1) is 16.5. The number of carbonyl (C=O) groups is 1. The lowest BCUT2D eigenvalue weighted by atomic mass is 10.1. The van der Waals surface area contributed by atoms with Crippen molar-refractivity contribution in [3.63, 3.8) is 0 Å². The van der Waals surface area contributed by atoms with Gasteiger partial charge >= 0.3 is 0 Å². The topological polar surface area (TPSA) is 67.4 Å². The van der Waals surface area contributed by atoms with Gasteiger partial charge in [0.1, 0.15) is 11.6 Å². The van der Waals surface area contributed by atoms with Crippen LogP contribution in [-0.2, 0) is 6.54 Å². The molecule has 0 radical (unpaired) electrons. The average molecular weight is 475 g/mol. The monoisotopic (exact) mass is 474 g/mol. The average Bonchev–Trinajstić information content (AvgIpc) is 2.86. The molecule has 1 amide bonds. The quantitative estimate of drug-likeness (QED) is 0.361. The van der Waals surface area contributed by atoms with E-state index in [2.05, 4.69) is 15.3 Å². The third-order valence-electron chi connectivity index (χ3n) is 4.90. The van der Waals surface area contributed by atoms with Crippen LogP contribution in [0, 0.1) is 5.82 Å². The van der Waals surface area contributed by atoms with Crippen molar-refractivity contribution in [3.8, 4) is 11.6 Å². The van der Waals surface area contributed by atoms with Gasteiger partial charge in [-0.25, -0.2) is 14.4 Å². The second-order valence-electron chi connectivity index (χ2n) is 7.59. The zero-order valence-corrected chi connectivity index (χ0v) is 19.6. The summed E-state index contributed by atoms with van der Waals surface area (Å²) in [5.41, 5.74) is 2.65. The van der Waals surface area contributed by atoms with E-state index in [1.54, 1.807) is 42.6 Å². The Kier molecular flexibility index (Phi) is 7.39. The van der Waals surface area contributed by atoms with Crippen LogP contribution in [0.5, 0.6) is 11.6 Å². The standard InChI is InChI=1S/C26H23FN4O2S/c1-31(2)21-9-3-18(4-10-21)17-30-24(32)19-5-11-22(12-6-19)33-25-26(29-16-15-28-25)34-23-13-7-20(27)8-14-23/h3-16H,17H2,1-2H3,(H,30,32). The van der Waals surface area contributed by atoms with Crippen molar-refractivity contribution in [2.75, 3.05) is 19.0 Å². The highest BCUT2D eigenvalue weighted by Gasteiger charge is 2.11. The maximum atomic E-state index is 13.2. The Hall–Kier alpha value is -3.91. The molecular weight excluding hydrogens is 451 g/mol. The van der Waals surface area contributed by atoms with Gasteiger partial charge in [-0.3, -0.25) is 4.79 Å². The number of halogens is 1. The van der Waals surface area contributed by atoms with E-state index in [1.807, 2.05) is 43.3 Å². The predicted molar refractivity (Wildman–Crippen MR) is 131 cm³/mol. The Labute approximate surface area is 201 Å². The van der Waals surface area contributed by atoms with Gasteiger partial charge in [-0.2, -0.15) is 0 Å². The number of rotatable bonds is 8. The number of hydrogen-bond donors (Lipinski definition) is 1. The third-order valence-corrected chi connectivity index (χ3v) is 5.88. The summed E-state index contributed by atoms with van der Waals surface area (Å²) in [6.07, 6.45) is 3.11. The van der Waals surface area contributed by atoms with Gasteiger partial charge < -0.3 is 15.0 Å². The molecule has 0 saturated heterocycles. The summed E-state index contributed by atoms with van der Waals surface area (Å²) in [6, 6.07) is 21.0. The van der Waals surface area contributed by atoms with Crippen LogP contribution in [0.2, 0.25) is 0 Å². The third kappa shape index (κ3) is 6.11. The van der Waals surface area contributed by atoms with Crippen LogP contribution in [0.25, 0.3) is 0 Å². The number of nitrogens with one attached hydrogen (secondary N) is 1. The minimum atomic E-state index is -0.300. The summed E-state index contributed by atoms with van der Waals surface area (Å²) in [4.78, 5) is 24.0. The van der Waals surface area contributed by atoms with Crippen LogP contribution in [0.15, 0.2) is 95.1 Å². The van der Waals surface area contributed by atoms with Gasteiger partial charge in [-0.15, -0.1) is 0 Å². The number of aromatic nitrogens is 2. The summed E-state index contributed by atoms with van der Waals surface area (Å²) in [7, 11) is 3.97. The van der Waals surface area contributed by atoms with Crippen LogP contribution in [0.4, 0.5) is 10.1 Å². The van der Waals surface area contributed by atoms with Gasteiger partial charge in [0, 0.05) is 49.2 Å². The molecule has 0 spiro atoms. The van der Waals surface area contributed by atoms with Crippen molar-refractivity contribution in [2.45, 2.75) is 16.5 Å². The number of carbonyl (C=O) groups excluding carboxylic acids is 1. The molecule has 3 aromatic carbocycles. The fraction of sp³-hybridized carbons (Fsp3) is 0.115. The molecule has 6 nitrogen and oxygen atoms in total. The lowest BCUT2D eigenvalue weighted by molar-refractivity contribution is 0.0951. The van der Waals surface area contributed by atoms with Crippen molar-refractivity contribution >= 4 is 23.4 Å². The normalized spacial score (nSPS) is 10.6. The van der Waals surface area contributed by atoms with E-state index in [0.29, 0.717) is 28.8 Å². The van der Waals surface area contributed by atoms with E-state index in [0.717, 1.165) is 16.1 Å². The van der Waals surface area contributed by atoms with Crippen molar-refractivity contribution in [1.29, 1.82) is 0 Å². The maximum absolute atomic E-state index is 13.2. The van der Waals surface area contributed by atoms with Crippen molar-refractivity contribution < 1.29 is 13.9 Å². The first kappa shape index (κ1) is 23.3. The molecule has 0 aliphatic rings. The number of hydrogen-bond acceptors (Lipinski definition) is 6. The summed E-state index contributed by atoms with van der Waals surface area (Å²) in [6.45, 7) is 0.439. The highest BCUT2D eigenvalue weighted by Crippen LogP contribution is 2.33. The fourth-order valence-electron chi connectivity index (χ4n) is 3.05. The number of nitrogens with zero attached hydrogens (tertiary/aromatic N) is 3. The van der Waals surface area contributed by atoms with Crippen LogP contribution < -0.4 is 15.0 Å². The molecule has 0 saturated carbocycles. The van der Waals surface area contributed by atoms with Crippen molar-refractivity contribution in [1.82, 2.24) is 15.3 Å². The van der Waals surface area contributed by atoms with E-state index < -0.39 is 0 Å². The van der Waals surface area contributed by atoms with Gasteiger partial charge in [0.05, 0.1) is 0 Å². The molecule has 34 heavy (non-hydrogen) atoms. The molecule has 4 rings (SSSR count). The van der Waals surface area contributed by atoms with Crippen molar-refractivity contribution in [3.05, 3.63) is 102 Å².